The third kappa shape index (κ3) is 11.3. The fourth-order valence-electron chi connectivity index (χ4n) is 1.13. The van der Waals surface area contributed by atoms with Gasteiger partial charge in [-0.3, -0.25) is 9.59 Å². The summed E-state index contributed by atoms with van der Waals surface area (Å²) in [6, 6.07) is 0. The van der Waals surface area contributed by atoms with Crippen LogP contribution in [-0.4, -0.2) is 52.6 Å². The predicted molar refractivity (Wildman–Crippen MR) is 64.1 cm³/mol. The SMILES string of the molecule is COC(=O)CCOCCCCOCCC(=O)OC. The first-order chi connectivity index (χ1) is 8.70. The summed E-state index contributed by atoms with van der Waals surface area (Å²) in [6.45, 7) is 1.96. The molecule has 0 fully saturated rings. The first-order valence-corrected chi connectivity index (χ1v) is 5.99. The number of hydrogen-bond donors (Lipinski definition) is 0. The fraction of sp³-hybridized carbons (Fsp3) is 0.833. The molecule has 0 aromatic rings. The van der Waals surface area contributed by atoms with E-state index in [1.165, 1.54) is 14.2 Å². The molecule has 6 heteroatoms. The molecule has 6 nitrogen and oxygen atoms in total. The first kappa shape index (κ1) is 16.9. The number of rotatable bonds is 11. The molecule has 0 N–H and O–H groups in total. The molecule has 0 aliphatic rings. The summed E-state index contributed by atoms with van der Waals surface area (Å²) in [5.74, 6) is -0.526. The molecule has 0 unspecified atom stereocenters. The van der Waals surface area contributed by atoms with E-state index in [9.17, 15) is 9.59 Å². The van der Waals surface area contributed by atoms with Crippen LogP contribution < -0.4 is 0 Å². The lowest BCUT2D eigenvalue weighted by atomic mass is 10.3. The topological polar surface area (TPSA) is 71.1 Å². The van der Waals surface area contributed by atoms with Gasteiger partial charge in [-0.1, -0.05) is 0 Å². The summed E-state index contributed by atoms with van der Waals surface area (Å²) in [6.07, 6.45) is 2.29. The number of carbonyl (C=O) groups excluding carboxylic acids is 2. The van der Waals surface area contributed by atoms with Crippen LogP contribution in [0.4, 0.5) is 0 Å². The van der Waals surface area contributed by atoms with Crippen LogP contribution in [0.5, 0.6) is 0 Å². The maximum atomic E-state index is 10.7. The van der Waals surface area contributed by atoms with Gasteiger partial charge in [0.15, 0.2) is 0 Å². The molecule has 0 saturated carbocycles. The highest BCUT2D eigenvalue weighted by Crippen LogP contribution is 1.95. The lowest BCUT2D eigenvalue weighted by Gasteiger charge is -2.04. The van der Waals surface area contributed by atoms with Crippen LogP contribution in [0.1, 0.15) is 25.7 Å². The van der Waals surface area contributed by atoms with Gasteiger partial charge < -0.3 is 18.9 Å². The minimum Gasteiger partial charge on any atom is -0.469 e. The van der Waals surface area contributed by atoms with E-state index in [2.05, 4.69) is 9.47 Å². The maximum absolute atomic E-state index is 10.7. The van der Waals surface area contributed by atoms with Crippen LogP contribution in [0, 0.1) is 0 Å². The second kappa shape index (κ2) is 12.3. The van der Waals surface area contributed by atoms with Crippen molar-refractivity contribution in [2.24, 2.45) is 0 Å². The molecular weight excluding hydrogens is 240 g/mol. The van der Waals surface area contributed by atoms with Crippen molar-refractivity contribution in [2.45, 2.75) is 25.7 Å². The average Bonchev–Trinajstić information content (AvgIpc) is 2.40. The van der Waals surface area contributed by atoms with Crippen molar-refractivity contribution in [3.8, 4) is 0 Å². The predicted octanol–water partition coefficient (Wildman–Crippen LogP) is 0.926. The Balaban J connectivity index is 3.07. The van der Waals surface area contributed by atoms with E-state index in [0.717, 1.165) is 12.8 Å². The van der Waals surface area contributed by atoms with Gasteiger partial charge in [0.05, 0.1) is 40.3 Å². The molecule has 0 rings (SSSR count). The summed E-state index contributed by atoms with van der Waals surface area (Å²) in [4.78, 5) is 21.5. The van der Waals surface area contributed by atoms with Gasteiger partial charge in [0.1, 0.15) is 0 Å². The van der Waals surface area contributed by atoms with Crippen molar-refractivity contribution >= 4 is 11.9 Å². The molecule has 18 heavy (non-hydrogen) atoms. The molecule has 0 aromatic carbocycles. The molecule has 0 aliphatic heterocycles. The molecule has 0 bridgehead atoms. The van der Waals surface area contributed by atoms with Gasteiger partial charge in [-0.05, 0) is 12.8 Å². The van der Waals surface area contributed by atoms with E-state index >= 15 is 0 Å². The van der Waals surface area contributed by atoms with Gasteiger partial charge in [0, 0.05) is 13.2 Å². The Morgan fingerprint density at radius 1 is 0.722 bits per heavy atom. The summed E-state index contributed by atoms with van der Waals surface area (Å²) in [5, 5.41) is 0. The molecular formula is C12H22O6. The molecule has 0 radical (unpaired) electrons. The molecule has 0 atom stereocenters. The van der Waals surface area contributed by atoms with Gasteiger partial charge in [0.25, 0.3) is 0 Å². The third-order valence-electron chi connectivity index (χ3n) is 2.18. The Morgan fingerprint density at radius 3 is 1.44 bits per heavy atom. The Bertz CT molecular complexity index is 205. The minimum absolute atomic E-state index is 0.263. The zero-order valence-electron chi connectivity index (χ0n) is 11.1. The summed E-state index contributed by atoms with van der Waals surface area (Å²) in [7, 11) is 2.71. The van der Waals surface area contributed by atoms with Crippen LogP contribution >= 0.6 is 0 Å². The summed E-state index contributed by atoms with van der Waals surface area (Å²) in [5.41, 5.74) is 0. The van der Waals surface area contributed by atoms with Gasteiger partial charge in [-0.15, -0.1) is 0 Å². The largest absolute Gasteiger partial charge is 0.469 e. The van der Waals surface area contributed by atoms with Gasteiger partial charge in [-0.25, -0.2) is 0 Å². The molecule has 0 aliphatic carbocycles. The zero-order valence-corrected chi connectivity index (χ0v) is 11.1. The van der Waals surface area contributed by atoms with Crippen molar-refractivity contribution in [2.75, 3.05) is 40.6 Å². The van der Waals surface area contributed by atoms with Crippen LogP contribution in [-0.2, 0) is 28.5 Å². The van der Waals surface area contributed by atoms with Crippen molar-refractivity contribution in [3.63, 3.8) is 0 Å². The number of esters is 2. The minimum atomic E-state index is -0.263. The van der Waals surface area contributed by atoms with Crippen LogP contribution in [0.15, 0.2) is 0 Å². The number of ether oxygens (including phenoxy) is 4. The molecule has 0 amide bonds. The molecule has 106 valence electrons. The smallest absolute Gasteiger partial charge is 0.307 e. The standard InChI is InChI=1S/C12H22O6/c1-15-11(13)5-9-17-7-3-4-8-18-10-6-12(14)16-2/h3-10H2,1-2H3. The lowest BCUT2D eigenvalue weighted by Crippen LogP contribution is -2.08. The number of unbranched alkanes of at least 4 members (excludes halogenated alkanes) is 1. The highest BCUT2D eigenvalue weighted by atomic mass is 16.5. The normalized spacial score (nSPS) is 10.1. The second-order valence-electron chi connectivity index (χ2n) is 3.58. The van der Waals surface area contributed by atoms with Gasteiger partial charge in [-0.2, -0.15) is 0 Å². The number of hydrogen-bond acceptors (Lipinski definition) is 6. The van der Waals surface area contributed by atoms with E-state index in [0.29, 0.717) is 26.4 Å². The first-order valence-electron chi connectivity index (χ1n) is 5.99. The second-order valence-corrected chi connectivity index (χ2v) is 3.58. The Labute approximate surface area is 108 Å². The van der Waals surface area contributed by atoms with Crippen LogP contribution in [0.3, 0.4) is 0 Å². The third-order valence-corrected chi connectivity index (χ3v) is 2.18. The van der Waals surface area contributed by atoms with E-state index in [1.54, 1.807) is 0 Å². The van der Waals surface area contributed by atoms with E-state index in [-0.39, 0.29) is 24.8 Å². The maximum Gasteiger partial charge on any atom is 0.307 e. The molecule has 0 aromatic heterocycles. The summed E-state index contributed by atoms with van der Waals surface area (Å²) < 4.78 is 19.4. The lowest BCUT2D eigenvalue weighted by molar-refractivity contribution is -0.142. The highest BCUT2D eigenvalue weighted by molar-refractivity contribution is 5.69. The average molecular weight is 262 g/mol. The van der Waals surface area contributed by atoms with Gasteiger partial charge >= 0.3 is 11.9 Å². The number of carbonyl (C=O) groups is 2. The highest BCUT2D eigenvalue weighted by Gasteiger charge is 2.00. The van der Waals surface area contributed by atoms with Crippen molar-refractivity contribution in [1.29, 1.82) is 0 Å². The quantitative estimate of drug-likeness (QED) is 0.407. The Kier molecular flexibility index (Phi) is 11.5. The number of methoxy groups -OCH3 is 2. The molecule has 0 saturated heterocycles. The molecule has 0 spiro atoms. The van der Waals surface area contributed by atoms with E-state index in [1.807, 2.05) is 0 Å². The zero-order chi connectivity index (χ0) is 13.6. The van der Waals surface area contributed by atoms with E-state index < -0.39 is 0 Å². The van der Waals surface area contributed by atoms with Crippen molar-refractivity contribution in [3.05, 3.63) is 0 Å². The summed E-state index contributed by atoms with van der Waals surface area (Å²) >= 11 is 0. The molecule has 0 heterocycles. The Morgan fingerprint density at radius 2 is 1.11 bits per heavy atom. The van der Waals surface area contributed by atoms with E-state index in [4.69, 9.17) is 9.47 Å². The van der Waals surface area contributed by atoms with Crippen LogP contribution in [0.25, 0.3) is 0 Å². The fourth-order valence-corrected chi connectivity index (χ4v) is 1.13. The van der Waals surface area contributed by atoms with Crippen molar-refractivity contribution in [1.82, 2.24) is 0 Å². The van der Waals surface area contributed by atoms with Crippen LogP contribution in [0.2, 0.25) is 0 Å². The monoisotopic (exact) mass is 262 g/mol. The van der Waals surface area contributed by atoms with Gasteiger partial charge in [0.2, 0.25) is 0 Å². The van der Waals surface area contributed by atoms with Crippen molar-refractivity contribution < 1.29 is 28.5 Å². The Hall–Kier alpha value is -1.14.